The van der Waals surface area contributed by atoms with E-state index < -0.39 is 15.8 Å². The number of carbonyl (C=O) groups excluding carboxylic acids is 1. The van der Waals surface area contributed by atoms with Crippen molar-refractivity contribution in [2.24, 2.45) is 0 Å². The molecule has 3 aromatic carbocycles. The molecule has 3 aromatic rings. The van der Waals surface area contributed by atoms with Crippen molar-refractivity contribution in [2.75, 3.05) is 13.4 Å². The van der Waals surface area contributed by atoms with Crippen molar-refractivity contribution < 1.29 is 22.7 Å². The van der Waals surface area contributed by atoms with Crippen LogP contribution in [0.3, 0.4) is 0 Å². The van der Waals surface area contributed by atoms with Gasteiger partial charge in [0, 0.05) is 11.8 Å². The van der Waals surface area contributed by atoms with E-state index in [1.807, 2.05) is 30.3 Å². The molecule has 0 N–H and O–H groups in total. The Morgan fingerprint density at radius 2 is 1.57 bits per heavy atom. The molecule has 3 rings (SSSR count). The van der Waals surface area contributed by atoms with Gasteiger partial charge in [-0.1, -0.05) is 55.5 Å². The van der Waals surface area contributed by atoms with Crippen LogP contribution in [0.15, 0.2) is 71.6 Å². The third-order valence-corrected chi connectivity index (χ3v) is 5.95. The zero-order valence-corrected chi connectivity index (χ0v) is 18.0. The molecule has 0 unspecified atom stereocenters. The monoisotopic (exact) mass is 424 g/mol. The van der Waals surface area contributed by atoms with Gasteiger partial charge in [-0.15, -0.1) is 0 Å². The van der Waals surface area contributed by atoms with Crippen LogP contribution in [0.5, 0.6) is 5.75 Å². The summed E-state index contributed by atoms with van der Waals surface area (Å²) in [6, 6.07) is 19.9. The third kappa shape index (κ3) is 4.71. The fourth-order valence-corrected chi connectivity index (χ4v) is 4.10. The number of rotatable bonds is 7. The van der Waals surface area contributed by atoms with Gasteiger partial charge in [-0.3, -0.25) is 0 Å². The van der Waals surface area contributed by atoms with Gasteiger partial charge in [-0.05, 0) is 41.3 Å². The van der Waals surface area contributed by atoms with Gasteiger partial charge >= 0.3 is 5.97 Å². The fraction of sp³-hybridized carbons (Fsp3) is 0.208. The summed E-state index contributed by atoms with van der Waals surface area (Å²) in [5.41, 5.74) is 4.04. The van der Waals surface area contributed by atoms with Gasteiger partial charge < -0.3 is 9.47 Å². The lowest BCUT2D eigenvalue weighted by molar-refractivity contribution is 0.0600. The minimum atomic E-state index is -3.50. The summed E-state index contributed by atoms with van der Waals surface area (Å²) in [4.78, 5) is 11.8. The second kappa shape index (κ2) is 9.13. The summed E-state index contributed by atoms with van der Waals surface area (Å²) in [6.07, 6.45) is 1.99. The maximum Gasteiger partial charge on any atom is 0.337 e. The van der Waals surface area contributed by atoms with E-state index in [1.54, 1.807) is 36.4 Å². The van der Waals surface area contributed by atoms with Crippen LogP contribution in [0.4, 0.5) is 0 Å². The molecule has 0 atom stereocenters. The van der Waals surface area contributed by atoms with Crippen LogP contribution in [0.1, 0.15) is 28.4 Å². The van der Waals surface area contributed by atoms with E-state index in [-0.39, 0.29) is 11.5 Å². The normalized spacial score (nSPS) is 11.2. The number of sulfone groups is 1. The van der Waals surface area contributed by atoms with Crippen LogP contribution in [-0.4, -0.2) is 27.8 Å². The topological polar surface area (TPSA) is 69.7 Å². The summed E-state index contributed by atoms with van der Waals surface area (Å²) in [5, 5.41) is 0. The molecule has 0 bridgehead atoms. The highest BCUT2D eigenvalue weighted by Crippen LogP contribution is 2.38. The molecule has 0 radical (unpaired) electrons. The van der Waals surface area contributed by atoms with Gasteiger partial charge in [0.05, 0.1) is 12.7 Å². The summed E-state index contributed by atoms with van der Waals surface area (Å²) >= 11 is 0. The van der Waals surface area contributed by atoms with Crippen LogP contribution in [0, 0.1) is 0 Å². The van der Waals surface area contributed by atoms with Crippen molar-refractivity contribution >= 4 is 15.8 Å². The lowest BCUT2D eigenvalue weighted by atomic mass is 9.97. The van der Waals surface area contributed by atoms with Gasteiger partial charge in [-0.25, -0.2) is 13.2 Å². The minimum absolute atomic E-state index is 0.150. The van der Waals surface area contributed by atoms with Gasteiger partial charge in [-0.2, -0.15) is 0 Å². The molecule has 0 amide bonds. The molecule has 0 fully saturated rings. The number of esters is 1. The van der Waals surface area contributed by atoms with Gasteiger partial charge in [0.15, 0.2) is 9.84 Å². The zero-order chi connectivity index (χ0) is 21.7. The molecule has 0 spiro atoms. The smallest absolute Gasteiger partial charge is 0.337 e. The number of benzene rings is 3. The summed E-state index contributed by atoms with van der Waals surface area (Å²) in [6.45, 7) is 2.22. The molecular formula is C24H24O5S. The van der Waals surface area contributed by atoms with E-state index in [2.05, 4.69) is 6.92 Å². The quantitative estimate of drug-likeness (QED) is 0.515. The fourth-order valence-electron chi connectivity index (χ4n) is 3.27. The SMILES string of the molecule is CCc1ccccc1-c1cccc(S(C)(=O)=O)c1OCc1ccc(C(=O)OC)cc1. The first-order valence-corrected chi connectivity index (χ1v) is 11.5. The van der Waals surface area contributed by atoms with E-state index >= 15 is 0 Å². The molecule has 0 aliphatic rings. The number of hydrogen-bond acceptors (Lipinski definition) is 5. The second-order valence-electron chi connectivity index (χ2n) is 6.89. The lowest BCUT2D eigenvalue weighted by Gasteiger charge is -2.17. The summed E-state index contributed by atoms with van der Waals surface area (Å²) < 4.78 is 35.6. The number of hydrogen-bond donors (Lipinski definition) is 0. The molecule has 156 valence electrons. The number of methoxy groups -OCH3 is 1. The van der Waals surface area contributed by atoms with E-state index in [0.29, 0.717) is 11.3 Å². The molecule has 0 aliphatic carbocycles. The Morgan fingerprint density at radius 1 is 0.900 bits per heavy atom. The highest BCUT2D eigenvalue weighted by atomic mass is 32.2. The third-order valence-electron chi connectivity index (χ3n) is 4.83. The van der Waals surface area contributed by atoms with Crippen molar-refractivity contribution in [3.63, 3.8) is 0 Å². The van der Waals surface area contributed by atoms with E-state index in [1.165, 1.54) is 13.4 Å². The minimum Gasteiger partial charge on any atom is -0.487 e. The molecule has 6 heteroatoms. The summed E-state index contributed by atoms with van der Waals surface area (Å²) in [5.74, 6) is -0.0821. The Balaban J connectivity index is 2.01. The zero-order valence-electron chi connectivity index (χ0n) is 17.2. The predicted octanol–water partition coefficient (Wildman–Crippen LogP) is 4.69. The van der Waals surface area contributed by atoms with Crippen molar-refractivity contribution in [1.29, 1.82) is 0 Å². The molecule has 0 saturated heterocycles. The van der Waals surface area contributed by atoms with Crippen LogP contribution < -0.4 is 4.74 Å². The molecule has 0 heterocycles. The first-order chi connectivity index (χ1) is 14.3. The van der Waals surface area contributed by atoms with Crippen LogP contribution in [0.25, 0.3) is 11.1 Å². The van der Waals surface area contributed by atoms with Crippen molar-refractivity contribution in [1.82, 2.24) is 0 Å². The highest BCUT2D eigenvalue weighted by Gasteiger charge is 2.20. The molecule has 0 aliphatic heterocycles. The van der Waals surface area contributed by atoms with Crippen LogP contribution in [0.2, 0.25) is 0 Å². The largest absolute Gasteiger partial charge is 0.487 e. The highest BCUT2D eigenvalue weighted by molar-refractivity contribution is 7.90. The first-order valence-electron chi connectivity index (χ1n) is 9.56. The van der Waals surface area contributed by atoms with Crippen molar-refractivity contribution in [3.8, 4) is 16.9 Å². The molecule has 0 saturated carbocycles. The van der Waals surface area contributed by atoms with E-state index in [9.17, 15) is 13.2 Å². The standard InChI is InChI=1S/C24H24O5S/c1-4-18-8-5-6-9-20(18)21-10-7-11-22(30(3,26)27)23(21)29-16-17-12-14-19(15-13-17)24(25)28-2/h5-15H,4,16H2,1-3H3. The van der Waals surface area contributed by atoms with Crippen molar-refractivity contribution in [2.45, 2.75) is 24.8 Å². The Morgan fingerprint density at radius 3 is 2.20 bits per heavy atom. The predicted molar refractivity (Wildman–Crippen MR) is 116 cm³/mol. The number of ether oxygens (including phenoxy) is 2. The summed E-state index contributed by atoms with van der Waals surface area (Å²) in [7, 11) is -2.16. The number of carbonyl (C=O) groups is 1. The average Bonchev–Trinajstić information content (AvgIpc) is 2.76. The van der Waals surface area contributed by atoms with Gasteiger partial charge in [0.1, 0.15) is 17.3 Å². The lowest BCUT2D eigenvalue weighted by Crippen LogP contribution is -2.06. The van der Waals surface area contributed by atoms with Gasteiger partial charge in [0.2, 0.25) is 0 Å². The van der Waals surface area contributed by atoms with Crippen LogP contribution in [-0.2, 0) is 27.6 Å². The average molecular weight is 425 g/mol. The Labute approximate surface area is 177 Å². The van der Waals surface area contributed by atoms with Crippen molar-refractivity contribution in [3.05, 3.63) is 83.4 Å². The molecule has 30 heavy (non-hydrogen) atoms. The van der Waals surface area contributed by atoms with E-state index in [4.69, 9.17) is 9.47 Å². The maximum atomic E-state index is 12.4. The van der Waals surface area contributed by atoms with Gasteiger partial charge in [0.25, 0.3) is 0 Å². The molecular weight excluding hydrogens is 400 g/mol. The maximum absolute atomic E-state index is 12.4. The van der Waals surface area contributed by atoms with E-state index in [0.717, 1.165) is 28.7 Å². The number of aryl methyl sites for hydroxylation is 1. The molecule has 0 aromatic heterocycles. The van der Waals surface area contributed by atoms with Crippen LogP contribution >= 0.6 is 0 Å². The second-order valence-corrected chi connectivity index (χ2v) is 8.88. The Bertz CT molecular complexity index is 1150. The molecule has 5 nitrogen and oxygen atoms in total. The Hall–Kier alpha value is -3.12. The Kier molecular flexibility index (Phi) is 6.57. The number of para-hydroxylation sites is 1. The first kappa shape index (κ1) is 21.6.